The molecule has 0 saturated carbocycles. The van der Waals surface area contributed by atoms with Crippen molar-refractivity contribution in [2.24, 2.45) is 17.8 Å². The highest BCUT2D eigenvalue weighted by atomic mass is 14.3. The molecule has 2 aromatic carbocycles. The summed E-state index contributed by atoms with van der Waals surface area (Å²) in [5.41, 5.74) is 8.93. The van der Waals surface area contributed by atoms with Crippen LogP contribution in [0.4, 0.5) is 0 Å². The summed E-state index contributed by atoms with van der Waals surface area (Å²) in [6.07, 6.45) is 12.3. The Hall–Kier alpha value is -2.08. The summed E-state index contributed by atoms with van der Waals surface area (Å²) in [5.74, 6) is 2.21. The highest BCUT2D eigenvalue weighted by molar-refractivity contribution is 5.86. The monoisotopic (exact) mass is 472 g/mol. The Balaban J connectivity index is 0.000000641. The van der Waals surface area contributed by atoms with Crippen LogP contribution in [0.25, 0.3) is 10.8 Å². The fourth-order valence-corrected chi connectivity index (χ4v) is 5.25. The van der Waals surface area contributed by atoms with Gasteiger partial charge in [-0.3, -0.25) is 0 Å². The Kier molecular flexibility index (Phi) is 12.1. The van der Waals surface area contributed by atoms with Gasteiger partial charge in [0.25, 0.3) is 0 Å². The van der Waals surface area contributed by atoms with Crippen LogP contribution in [0.3, 0.4) is 0 Å². The van der Waals surface area contributed by atoms with Crippen molar-refractivity contribution in [2.45, 2.75) is 107 Å². The van der Waals surface area contributed by atoms with Gasteiger partial charge in [-0.1, -0.05) is 112 Å². The van der Waals surface area contributed by atoms with E-state index in [0.29, 0.717) is 11.8 Å². The van der Waals surface area contributed by atoms with E-state index in [1.54, 1.807) is 5.57 Å². The average Bonchev–Trinajstić information content (AvgIpc) is 2.93. The summed E-state index contributed by atoms with van der Waals surface area (Å²) in [5, 5.41) is 2.74. The lowest BCUT2D eigenvalue weighted by molar-refractivity contribution is 0.325. The van der Waals surface area contributed by atoms with Gasteiger partial charge >= 0.3 is 0 Å². The molecule has 0 aliphatic heterocycles. The second-order valence-corrected chi connectivity index (χ2v) is 11.1. The van der Waals surface area contributed by atoms with Crippen molar-refractivity contribution in [2.75, 3.05) is 0 Å². The van der Waals surface area contributed by atoms with Gasteiger partial charge in [-0.15, -0.1) is 0 Å². The van der Waals surface area contributed by atoms with Crippen LogP contribution in [-0.2, 0) is 6.42 Å². The quantitative estimate of drug-likeness (QED) is 0.351. The zero-order chi connectivity index (χ0) is 26.0. The molecule has 1 aliphatic carbocycles. The van der Waals surface area contributed by atoms with E-state index >= 15 is 0 Å². The van der Waals surface area contributed by atoms with Gasteiger partial charge in [-0.05, 0) is 106 Å². The molecule has 2 aromatic rings. The zero-order valence-electron chi connectivity index (χ0n) is 24.1. The van der Waals surface area contributed by atoms with E-state index < -0.39 is 0 Å². The molecule has 3 rings (SSSR count). The summed E-state index contributed by atoms with van der Waals surface area (Å²) >= 11 is 0. The van der Waals surface area contributed by atoms with Crippen LogP contribution in [-0.4, -0.2) is 0 Å². The van der Waals surface area contributed by atoms with Gasteiger partial charge in [-0.25, -0.2) is 0 Å². The van der Waals surface area contributed by atoms with Crippen LogP contribution < -0.4 is 0 Å². The summed E-state index contributed by atoms with van der Waals surface area (Å²) in [4.78, 5) is 0. The van der Waals surface area contributed by atoms with Crippen molar-refractivity contribution < 1.29 is 0 Å². The molecule has 0 spiro atoms. The third-order valence-corrected chi connectivity index (χ3v) is 8.63. The molecule has 2 atom stereocenters. The molecule has 1 aliphatic rings. The largest absolute Gasteiger partial charge is 0.0996 e. The molecule has 35 heavy (non-hydrogen) atoms. The number of rotatable bonds is 7. The first-order chi connectivity index (χ1) is 16.7. The van der Waals surface area contributed by atoms with Crippen molar-refractivity contribution in [3.63, 3.8) is 0 Å². The fraction of sp³-hybridized carbons (Fsp3) is 0.543. The fourth-order valence-electron chi connectivity index (χ4n) is 5.25. The van der Waals surface area contributed by atoms with Crippen LogP contribution in [0.1, 0.15) is 105 Å². The molecule has 0 nitrogen and oxygen atoms in total. The van der Waals surface area contributed by atoms with E-state index in [-0.39, 0.29) is 0 Å². The van der Waals surface area contributed by atoms with E-state index in [1.165, 1.54) is 77.1 Å². The highest BCUT2D eigenvalue weighted by Gasteiger charge is 2.25. The first-order valence-corrected chi connectivity index (χ1v) is 14.2. The summed E-state index contributed by atoms with van der Waals surface area (Å²) in [7, 11) is 0. The Bertz CT molecular complexity index is 1010. The lowest BCUT2D eigenvalue weighted by atomic mass is 9.75. The van der Waals surface area contributed by atoms with Crippen molar-refractivity contribution in [3.8, 4) is 0 Å². The first kappa shape index (κ1) is 29.2. The van der Waals surface area contributed by atoms with E-state index in [2.05, 4.69) is 104 Å². The Labute approximate surface area is 217 Å². The van der Waals surface area contributed by atoms with Gasteiger partial charge < -0.3 is 0 Å². The van der Waals surface area contributed by atoms with E-state index in [4.69, 9.17) is 0 Å². The molecular weight excluding hydrogens is 420 g/mol. The van der Waals surface area contributed by atoms with Gasteiger partial charge in [-0.2, -0.15) is 0 Å². The SMILES string of the molecule is C=C(CC)C(Cc1ccc2ccccc2c1C)C1CC/C(C)=C(C)\C=C(/C)CC1.CCC(C)CC. The molecule has 0 fully saturated rings. The standard InChI is InChI=1S/C29H38.C6H14/c1-7-21(3)29(26-14-12-20(2)18-23(5)22(4)13-15-26)19-27-17-16-25-10-8-9-11-28(25)24(27)6;1-4-6(3)5-2/h8-11,16-18,26,29H,3,7,12-15,19H2,1-2,4-6H3;6H,4-5H2,1-3H3/b20-18+,23-22-;. The van der Waals surface area contributed by atoms with Gasteiger partial charge in [0.05, 0.1) is 0 Å². The maximum atomic E-state index is 4.54. The third-order valence-electron chi connectivity index (χ3n) is 8.63. The second kappa shape index (κ2) is 14.5. The molecular formula is C35H52. The minimum atomic E-state index is 0.568. The van der Waals surface area contributed by atoms with Gasteiger partial charge in [0, 0.05) is 0 Å². The van der Waals surface area contributed by atoms with E-state index in [0.717, 1.165) is 18.8 Å². The summed E-state index contributed by atoms with van der Waals surface area (Å²) in [6.45, 7) is 22.8. The molecule has 0 N–H and O–H groups in total. The van der Waals surface area contributed by atoms with Crippen molar-refractivity contribution in [1.29, 1.82) is 0 Å². The van der Waals surface area contributed by atoms with E-state index in [9.17, 15) is 0 Å². The smallest absolute Gasteiger partial charge is 0.0137 e. The van der Waals surface area contributed by atoms with Crippen LogP contribution in [0.15, 0.2) is 71.3 Å². The van der Waals surface area contributed by atoms with Crippen LogP contribution in [0, 0.1) is 24.7 Å². The normalized spacial score (nSPS) is 21.3. The average molecular weight is 473 g/mol. The maximum Gasteiger partial charge on any atom is -0.0137 e. The molecule has 0 heterocycles. The number of hydrogen-bond donors (Lipinski definition) is 0. The zero-order valence-corrected chi connectivity index (χ0v) is 24.1. The van der Waals surface area contributed by atoms with Gasteiger partial charge in [0.2, 0.25) is 0 Å². The number of fused-ring (bicyclic) bond motifs is 1. The summed E-state index contributed by atoms with van der Waals surface area (Å²) in [6, 6.07) is 13.4. The first-order valence-electron chi connectivity index (χ1n) is 14.2. The van der Waals surface area contributed by atoms with Crippen LogP contribution in [0.5, 0.6) is 0 Å². The minimum Gasteiger partial charge on any atom is -0.0996 e. The maximum absolute atomic E-state index is 4.54. The predicted molar refractivity (Wildman–Crippen MR) is 159 cm³/mol. The number of aryl methyl sites for hydroxylation is 1. The third kappa shape index (κ3) is 8.52. The highest BCUT2D eigenvalue weighted by Crippen LogP contribution is 2.37. The summed E-state index contributed by atoms with van der Waals surface area (Å²) < 4.78 is 0. The van der Waals surface area contributed by atoms with Crippen molar-refractivity contribution in [3.05, 3.63) is 82.5 Å². The second-order valence-electron chi connectivity index (χ2n) is 11.1. The van der Waals surface area contributed by atoms with Gasteiger partial charge in [0.15, 0.2) is 0 Å². The van der Waals surface area contributed by atoms with Crippen molar-refractivity contribution >= 4 is 10.8 Å². The molecule has 0 heteroatoms. The Morgan fingerprint density at radius 2 is 1.57 bits per heavy atom. The predicted octanol–water partition coefficient (Wildman–Crippen LogP) is 11.2. The minimum absolute atomic E-state index is 0.568. The molecule has 192 valence electrons. The lowest BCUT2D eigenvalue weighted by Crippen LogP contribution is -2.20. The van der Waals surface area contributed by atoms with Crippen LogP contribution in [0.2, 0.25) is 0 Å². The number of hydrogen-bond acceptors (Lipinski definition) is 0. The molecule has 0 aromatic heterocycles. The number of benzene rings is 2. The Morgan fingerprint density at radius 3 is 2.20 bits per heavy atom. The molecule has 0 saturated heterocycles. The van der Waals surface area contributed by atoms with E-state index in [1.807, 2.05) is 0 Å². The molecule has 0 bridgehead atoms. The topological polar surface area (TPSA) is 0 Å². The molecule has 0 radical (unpaired) electrons. The van der Waals surface area contributed by atoms with Crippen LogP contribution >= 0.6 is 0 Å². The van der Waals surface area contributed by atoms with Gasteiger partial charge in [0.1, 0.15) is 0 Å². The molecule has 0 amide bonds. The molecule has 2 unspecified atom stereocenters. The lowest BCUT2D eigenvalue weighted by Gasteiger charge is -2.30. The number of allylic oxidation sites excluding steroid dienone is 5. The Morgan fingerprint density at radius 1 is 0.914 bits per heavy atom. The van der Waals surface area contributed by atoms with Crippen molar-refractivity contribution in [1.82, 2.24) is 0 Å².